The number of hydrogen-bond acceptors (Lipinski definition) is 6. The van der Waals surface area contributed by atoms with Gasteiger partial charge in [-0.25, -0.2) is 0 Å². The van der Waals surface area contributed by atoms with E-state index in [1.54, 1.807) is 7.11 Å². The van der Waals surface area contributed by atoms with Gasteiger partial charge in [0.25, 0.3) is 0 Å². The lowest BCUT2D eigenvalue weighted by atomic mass is 9.78. The molecule has 2 aliphatic heterocycles. The Morgan fingerprint density at radius 3 is 2.86 bits per heavy atom. The van der Waals surface area contributed by atoms with Crippen LogP contribution in [0.25, 0.3) is 0 Å². The average molecular weight is 318 g/mol. The standard InChI is InChI=1S/C15H30N2O3S/c1-18-8-9-19-6-3-14(17-16)13-2-7-20-15(12-13)4-10-21-11-5-15/h13-14,17H,2-12,16H2,1H3. The lowest BCUT2D eigenvalue weighted by Gasteiger charge is -2.45. The summed E-state index contributed by atoms with van der Waals surface area (Å²) in [7, 11) is 1.69. The predicted molar refractivity (Wildman–Crippen MR) is 86.4 cm³/mol. The summed E-state index contributed by atoms with van der Waals surface area (Å²) in [6.07, 6.45) is 5.57. The van der Waals surface area contributed by atoms with Crippen LogP contribution < -0.4 is 11.3 Å². The van der Waals surface area contributed by atoms with E-state index < -0.39 is 0 Å². The largest absolute Gasteiger partial charge is 0.382 e. The molecule has 2 fully saturated rings. The van der Waals surface area contributed by atoms with Gasteiger partial charge in [-0.3, -0.25) is 11.3 Å². The van der Waals surface area contributed by atoms with Crippen LogP contribution in [0, 0.1) is 5.92 Å². The highest BCUT2D eigenvalue weighted by Crippen LogP contribution is 2.40. The zero-order valence-corrected chi connectivity index (χ0v) is 14.0. The van der Waals surface area contributed by atoms with E-state index in [9.17, 15) is 0 Å². The highest BCUT2D eigenvalue weighted by atomic mass is 32.2. The summed E-state index contributed by atoms with van der Waals surface area (Å²) in [6.45, 7) is 2.91. The summed E-state index contributed by atoms with van der Waals surface area (Å²) in [6, 6.07) is 0.322. The van der Waals surface area contributed by atoms with Gasteiger partial charge >= 0.3 is 0 Å². The summed E-state index contributed by atoms with van der Waals surface area (Å²) >= 11 is 2.05. The minimum Gasteiger partial charge on any atom is -0.382 e. The van der Waals surface area contributed by atoms with Gasteiger partial charge in [0.1, 0.15) is 0 Å². The van der Waals surface area contributed by atoms with Crippen LogP contribution in [0.3, 0.4) is 0 Å². The van der Waals surface area contributed by atoms with Gasteiger partial charge in [-0.05, 0) is 49.5 Å². The number of nitrogens with one attached hydrogen (secondary N) is 1. The molecule has 2 atom stereocenters. The molecule has 0 saturated carbocycles. The summed E-state index contributed by atoms with van der Waals surface area (Å²) in [4.78, 5) is 0. The Balaban J connectivity index is 1.77. The maximum absolute atomic E-state index is 6.16. The summed E-state index contributed by atoms with van der Waals surface area (Å²) in [5.41, 5.74) is 3.14. The number of hydrogen-bond donors (Lipinski definition) is 2. The number of thioether (sulfide) groups is 1. The Morgan fingerprint density at radius 1 is 1.33 bits per heavy atom. The Hall–Kier alpha value is 0.150. The van der Waals surface area contributed by atoms with Gasteiger partial charge in [0, 0.05) is 26.4 Å². The quantitative estimate of drug-likeness (QED) is 0.402. The zero-order chi connectivity index (χ0) is 15.0. The van der Waals surface area contributed by atoms with Crippen molar-refractivity contribution in [2.75, 3.05) is 45.0 Å². The third-order valence-electron chi connectivity index (χ3n) is 4.72. The van der Waals surface area contributed by atoms with Gasteiger partial charge in [0.2, 0.25) is 0 Å². The fourth-order valence-electron chi connectivity index (χ4n) is 3.41. The van der Waals surface area contributed by atoms with E-state index in [-0.39, 0.29) is 5.60 Å². The smallest absolute Gasteiger partial charge is 0.0701 e. The third kappa shape index (κ3) is 5.37. The maximum Gasteiger partial charge on any atom is 0.0701 e. The average Bonchev–Trinajstić information content (AvgIpc) is 2.52. The molecule has 2 heterocycles. The topological polar surface area (TPSA) is 65.7 Å². The van der Waals surface area contributed by atoms with Crippen molar-refractivity contribution in [3.8, 4) is 0 Å². The van der Waals surface area contributed by atoms with Crippen molar-refractivity contribution in [2.45, 2.75) is 43.7 Å². The molecule has 124 valence electrons. The van der Waals surface area contributed by atoms with Crippen LogP contribution in [-0.4, -0.2) is 56.7 Å². The summed E-state index contributed by atoms with van der Waals surface area (Å²) in [5, 5.41) is 0. The second-order valence-corrected chi connectivity index (χ2v) is 7.29. The minimum absolute atomic E-state index is 0.125. The van der Waals surface area contributed by atoms with Crippen molar-refractivity contribution in [3.63, 3.8) is 0 Å². The van der Waals surface area contributed by atoms with E-state index in [1.807, 2.05) is 11.8 Å². The molecule has 21 heavy (non-hydrogen) atoms. The SMILES string of the molecule is COCCOCCC(NN)C1CCOC2(CCSCC2)C1. The number of hydrazine groups is 1. The highest BCUT2D eigenvalue weighted by molar-refractivity contribution is 7.99. The molecule has 2 rings (SSSR count). The Labute approximate surface area is 132 Å². The van der Waals surface area contributed by atoms with Gasteiger partial charge < -0.3 is 14.2 Å². The van der Waals surface area contributed by atoms with Crippen LogP contribution >= 0.6 is 11.8 Å². The molecule has 6 heteroatoms. The highest BCUT2D eigenvalue weighted by Gasteiger charge is 2.40. The summed E-state index contributed by atoms with van der Waals surface area (Å²) in [5.74, 6) is 8.84. The monoisotopic (exact) mass is 318 g/mol. The van der Waals surface area contributed by atoms with E-state index in [0.717, 1.165) is 32.5 Å². The van der Waals surface area contributed by atoms with Crippen molar-refractivity contribution in [2.24, 2.45) is 11.8 Å². The molecule has 0 aromatic rings. The normalized spacial score (nSPS) is 26.9. The van der Waals surface area contributed by atoms with Crippen LogP contribution in [0.15, 0.2) is 0 Å². The van der Waals surface area contributed by atoms with Crippen LogP contribution in [0.1, 0.15) is 32.1 Å². The van der Waals surface area contributed by atoms with E-state index in [2.05, 4.69) is 5.43 Å². The van der Waals surface area contributed by atoms with Crippen molar-refractivity contribution in [3.05, 3.63) is 0 Å². The first-order chi connectivity index (χ1) is 10.3. The molecule has 0 aliphatic carbocycles. The van der Waals surface area contributed by atoms with E-state index in [0.29, 0.717) is 25.2 Å². The fraction of sp³-hybridized carbons (Fsp3) is 1.00. The fourth-order valence-corrected chi connectivity index (χ4v) is 4.65. The summed E-state index contributed by atoms with van der Waals surface area (Å²) < 4.78 is 16.7. The zero-order valence-electron chi connectivity index (χ0n) is 13.1. The first-order valence-corrected chi connectivity index (χ1v) is 9.20. The predicted octanol–water partition coefficient (Wildman–Crippen LogP) is 1.56. The molecular formula is C15H30N2O3S. The first kappa shape index (κ1) is 17.5. The number of methoxy groups -OCH3 is 1. The third-order valence-corrected chi connectivity index (χ3v) is 5.71. The van der Waals surface area contributed by atoms with Gasteiger partial charge in [-0.2, -0.15) is 11.8 Å². The van der Waals surface area contributed by atoms with Crippen LogP contribution in [-0.2, 0) is 14.2 Å². The van der Waals surface area contributed by atoms with Crippen molar-refractivity contribution in [1.29, 1.82) is 0 Å². The Morgan fingerprint density at radius 2 is 2.14 bits per heavy atom. The maximum atomic E-state index is 6.16. The molecule has 2 saturated heterocycles. The molecular weight excluding hydrogens is 288 g/mol. The molecule has 0 radical (unpaired) electrons. The molecule has 0 aromatic heterocycles. The van der Waals surface area contributed by atoms with Crippen LogP contribution in [0.5, 0.6) is 0 Å². The lowest BCUT2D eigenvalue weighted by molar-refractivity contribution is -0.108. The van der Waals surface area contributed by atoms with Gasteiger partial charge in [-0.15, -0.1) is 0 Å². The van der Waals surface area contributed by atoms with E-state index >= 15 is 0 Å². The van der Waals surface area contributed by atoms with Gasteiger partial charge in [0.05, 0.1) is 18.8 Å². The number of ether oxygens (including phenoxy) is 3. The van der Waals surface area contributed by atoms with Crippen molar-refractivity contribution < 1.29 is 14.2 Å². The molecule has 0 amide bonds. The molecule has 2 unspecified atom stereocenters. The first-order valence-electron chi connectivity index (χ1n) is 8.04. The number of nitrogens with two attached hydrogens (primary N) is 1. The van der Waals surface area contributed by atoms with Gasteiger partial charge in [0.15, 0.2) is 0 Å². The van der Waals surface area contributed by atoms with Crippen LogP contribution in [0.4, 0.5) is 0 Å². The Kier molecular flexibility index (Phi) is 7.77. The number of rotatable bonds is 8. The Bertz CT molecular complexity index is 283. The molecule has 5 nitrogen and oxygen atoms in total. The van der Waals surface area contributed by atoms with Crippen molar-refractivity contribution >= 4 is 11.8 Å². The second kappa shape index (κ2) is 9.33. The lowest BCUT2D eigenvalue weighted by Crippen LogP contribution is -2.50. The molecule has 0 aromatic carbocycles. The second-order valence-electron chi connectivity index (χ2n) is 6.06. The minimum atomic E-state index is 0.125. The van der Waals surface area contributed by atoms with E-state index in [1.165, 1.54) is 24.3 Å². The molecule has 1 spiro atoms. The van der Waals surface area contributed by atoms with Gasteiger partial charge in [-0.1, -0.05) is 0 Å². The van der Waals surface area contributed by atoms with Crippen LogP contribution in [0.2, 0.25) is 0 Å². The molecule has 3 N–H and O–H groups in total. The van der Waals surface area contributed by atoms with E-state index in [4.69, 9.17) is 20.1 Å². The van der Waals surface area contributed by atoms with Crippen molar-refractivity contribution in [1.82, 2.24) is 5.43 Å². The molecule has 0 bridgehead atoms. The molecule has 2 aliphatic rings.